The predicted octanol–water partition coefficient (Wildman–Crippen LogP) is 3.31. The molecule has 0 fully saturated rings. The SMILES string of the molecule is CCC(N)CCC(C)c1ccccc1. The van der Waals surface area contributed by atoms with Crippen molar-refractivity contribution in [1.29, 1.82) is 0 Å². The maximum atomic E-state index is 5.90. The Morgan fingerprint density at radius 2 is 1.79 bits per heavy atom. The van der Waals surface area contributed by atoms with Crippen LogP contribution < -0.4 is 5.73 Å². The lowest BCUT2D eigenvalue weighted by Crippen LogP contribution is -2.18. The zero-order valence-corrected chi connectivity index (χ0v) is 9.24. The van der Waals surface area contributed by atoms with Crippen LogP contribution in [0.1, 0.15) is 44.6 Å². The summed E-state index contributed by atoms with van der Waals surface area (Å²) < 4.78 is 0. The molecule has 0 aliphatic carbocycles. The molecule has 0 aliphatic heterocycles. The van der Waals surface area contributed by atoms with Crippen molar-refractivity contribution in [3.63, 3.8) is 0 Å². The number of hydrogen-bond acceptors (Lipinski definition) is 1. The molecule has 0 bridgehead atoms. The normalized spacial score (nSPS) is 15.1. The van der Waals surface area contributed by atoms with E-state index in [0.29, 0.717) is 12.0 Å². The Kier molecular flexibility index (Phi) is 4.68. The first kappa shape index (κ1) is 11.3. The van der Waals surface area contributed by atoms with E-state index in [-0.39, 0.29) is 0 Å². The van der Waals surface area contributed by atoms with Gasteiger partial charge in [0.2, 0.25) is 0 Å². The summed E-state index contributed by atoms with van der Waals surface area (Å²) in [6.45, 7) is 4.43. The minimum Gasteiger partial charge on any atom is -0.328 e. The van der Waals surface area contributed by atoms with Crippen molar-refractivity contribution >= 4 is 0 Å². The van der Waals surface area contributed by atoms with E-state index in [1.165, 1.54) is 12.0 Å². The van der Waals surface area contributed by atoms with Gasteiger partial charge in [-0.15, -0.1) is 0 Å². The van der Waals surface area contributed by atoms with E-state index < -0.39 is 0 Å². The first-order valence-corrected chi connectivity index (χ1v) is 5.54. The van der Waals surface area contributed by atoms with Crippen molar-refractivity contribution in [2.75, 3.05) is 0 Å². The first-order chi connectivity index (χ1) is 6.74. The van der Waals surface area contributed by atoms with Crippen LogP contribution in [0, 0.1) is 0 Å². The smallest absolute Gasteiger partial charge is 0.00364 e. The standard InChI is InChI=1S/C13H21N/c1-3-13(14)10-9-11(2)12-7-5-4-6-8-12/h4-8,11,13H,3,9-10,14H2,1-2H3. The molecule has 0 aliphatic rings. The van der Waals surface area contributed by atoms with Crippen LogP contribution in [0.2, 0.25) is 0 Å². The maximum Gasteiger partial charge on any atom is 0.00364 e. The Hall–Kier alpha value is -0.820. The minimum absolute atomic E-state index is 0.376. The minimum atomic E-state index is 0.376. The summed E-state index contributed by atoms with van der Waals surface area (Å²) in [5.74, 6) is 0.633. The van der Waals surface area contributed by atoms with Crippen molar-refractivity contribution in [1.82, 2.24) is 0 Å². The Labute approximate surface area is 87.3 Å². The fourth-order valence-corrected chi connectivity index (χ4v) is 1.62. The van der Waals surface area contributed by atoms with E-state index in [0.717, 1.165) is 12.8 Å². The molecule has 2 N–H and O–H groups in total. The molecule has 1 heteroatoms. The highest BCUT2D eigenvalue weighted by atomic mass is 14.6. The summed E-state index contributed by atoms with van der Waals surface area (Å²) in [5, 5.41) is 0. The molecule has 0 radical (unpaired) electrons. The van der Waals surface area contributed by atoms with E-state index in [1.54, 1.807) is 0 Å². The summed E-state index contributed by atoms with van der Waals surface area (Å²) >= 11 is 0. The summed E-state index contributed by atoms with van der Waals surface area (Å²) in [6, 6.07) is 11.0. The second-order valence-electron chi connectivity index (χ2n) is 4.06. The molecule has 78 valence electrons. The Bertz CT molecular complexity index is 243. The van der Waals surface area contributed by atoms with Crippen molar-refractivity contribution in [2.45, 2.75) is 45.1 Å². The van der Waals surface area contributed by atoms with E-state index in [1.807, 2.05) is 0 Å². The fourth-order valence-electron chi connectivity index (χ4n) is 1.62. The number of rotatable bonds is 5. The summed E-state index contributed by atoms with van der Waals surface area (Å²) in [7, 11) is 0. The van der Waals surface area contributed by atoms with Crippen LogP contribution in [0.15, 0.2) is 30.3 Å². The molecular weight excluding hydrogens is 170 g/mol. The highest BCUT2D eigenvalue weighted by Crippen LogP contribution is 2.20. The van der Waals surface area contributed by atoms with Gasteiger partial charge in [0.15, 0.2) is 0 Å². The number of hydrogen-bond donors (Lipinski definition) is 1. The van der Waals surface area contributed by atoms with E-state index in [4.69, 9.17) is 5.73 Å². The lowest BCUT2D eigenvalue weighted by atomic mass is 9.94. The van der Waals surface area contributed by atoms with Crippen LogP contribution >= 0.6 is 0 Å². The van der Waals surface area contributed by atoms with Gasteiger partial charge < -0.3 is 5.73 Å². The zero-order valence-electron chi connectivity index (χ0n) is 9.24. The quantitative estimate of drug-likeness (QED) is 0.759. The van der Waals surface area contributed by atoms with Crippen molar-refractivity contribution in [2.24, 2.45) is 5.73 Å². The van der Waals surface area contributed by atoms with Gasteiger partial charge in [0.05, 0.1) is 0 Å². The summed E-state index contributed by atoms with van der Waals surface area (Å²) in [4.78, 5) is 0. The van der Waals surface area contributed by atoms with Gasteiger partial charge in [-0.3, -0.25) is 0 Å². The summed E-state index contributed by atoms with van der Waals surface area (Å²) in [5.41, 5.74) is 7.33. The third-order valence-corrected chi connectivity index (χ3v) is 2.86. The molecule has 0 amide bonds. The monoisotopic (exact) mass is 191 g/mol. The van der Waals surface area contributed by atoms with Crippen LogP contribution in [-0.2, 0) is 0 Å². The van der Waals surface area contributed by atoms with E-state index in [2.05, 4.69) is 44.2 Å². The molecule has 0 saturated carbocycles. The van der Waals surface area contributed by atoms with Crippen molar-refractivity contribution < 1.29 is 0 Å². The molecular formula is C13H21N. The lowest BCUT2D eigenvalue weighted by molar-refractivity contribution is 0.530. The van der Waals surface area contributed by atoms with Gasteiger partial charge in [0.25, 0.3) is 0 Å². The van der Waals surface area contributed by atoms with E-state index >= 15 is 0 Å². The van der Waals surface area contributed by atoms with Gasteiger partial charge in [-0.05, 0) is 30.7 Å². The molecule has 2 atom stereocenters. The second kappa shape index (κ2) is 5.82. The van der Waals surface area contributed by atoms with Gasteiger partial charge >= 0.3 is 0 Å². The third kappa shape index (κ3) is 3.51. The zero-order chi connectivity index (χ0) is 10.4. The number of benzene rings is 1. The maximum absolute atomic E-state index is 5.90. The van der Waals surface area contributed by atoms with Crippen LogP contribution in [0.3, 0.4) is 0 Å². The largest absolute Gasteiger partial charge is 0.328 e. The molecule has 1 rings (SSSR count). The average molecular weight is 191 g/mol. The second-order valence-corrected chi connectivity index (χ2v) is 4.06. The highest BCUT2D eigenvalue weighted by molar-refractivity contribution is 5.18. The van der Waals surface area contributed by atoms with Crippen molar-refractivity contribution in [3.05, 3.63) is 35.9 Å². The van der Waals surface area contributed by atoms with Crippen LogP contribution in [-0.4, -0.2) is 6.04 Å². The molecule has 0 saturated heterocycles. The average Bonchev–Trinajstić information content (AvgIpc) is 2.26. The molecule has 0 spiro atoms. The van der Waals surface area contributed by atoms with Crippen molar-refractivity contribution in [3.8, 4) is 0 Å². The van der Waals surface area contributed by atoms with Gasteiger partial charge in [-0.2, -0.15) is 0 Å². The molecule has 1 nitrogen and oxygen atoms in total. The molecule has 1 aromatic carbocycles. The summed E-state index contributed by atoms with van der Waals surface area (Å²) in [6.07, 6.45) is 3.41. The first-order valence-electron chi connectivity index (χ1n) is 5.54. The fraction of sp³-hybridized carbons (Fsp3) is 0.538. The highest BCUT2D eigenvalue weighted by Gasteiger charge is 2.06. The Morgan fingerprint density at radius 3 is 2.36 bits per heavy atom. The molecule has 1 aromatic rings. The van der Waals surface area contributed by atoms with Crippen LogP contribution in [0.5, 0.6) is 0 Å². The Balaban J connectivity index is 2.39. The van der Waals surface area contributed by atoms with Gasteiger partial charge in [-0.1, -0.05) is 44.2 Å². The van der Waals surface area contributed by atoms with Gasteiger partial charge in [0, 0.05) is 6.04 Å². The van der Waals surface area contributed by atoms with Gasteiger partial charge in [-0.25, -0.2) is 0 Å². The topological polar surface area (TPSA) is 26.0 Å². The Morgan fingerprint density at radius 1 is 1.14 bits per heavy atom. The van der Waals surface area contributed by atoms with Crippen LogP contribution in [0.4, 0.5) is 0 Å². The molecule has 14 heavy (non-hydrogen) atoms. The molecule has 0 aromatic heterocycles. The lowest BCUT2D eigenvalue weighted by Gasteiger charge is -2.14. The van der Waals surface area contributed by atoms with E-state index in [9.17, 15) is 0 Å². The van der Waals surface area contributed by atoms with Crippen LogP contribution in [0.25, 0.3) is 0 Å². The predicted molar refractivity (Wildman–Crippen MR) is 62.4 cm³/mol. The molecule has 2 unspecified atom stereocenters. The molecule has 0 heterocycles. The van der Waals surface area contributed by atoms with Gasteiger partial charge in [0.1, 0.15) is 0 Å². The number of nitrogens with two attached hydrogens (primary N) is 1. The third-order valence-electron chi connectivity index (χ3n) is 2.86.